The first-order chi connectivity index (χ1) is 15.6. The number of hydrogen-bond acceptors (Lipinski definition) is 6. The van der Waals surface area contributed by atoms with E-state index < -0.39 is 5.97 Å². The number of anilines is 1. The second-order valence-corrected chi connectivity index (χ2v) is 7.97. The fourth-order valence-electron chi connectivity index (χ4n) is 2.91. The Kier molecular flexibility index (Phi) is 6.57. The van der Waals surface area contributed by atoms with E-state index in [-0.39, 0.29) is 5.91 Å². The molecule has 0 fully saturated rings. The van der Waals surface area contributed by atoms with E-state index >= 15 is 0 Å². The molecule has 4 rings (SSSR count). The van der Waals surface area contributed by atoms with Gasteiger partial charge in [0.1, 0.15) is 18.1 Å². The molecule has 0 aliphatic carbocycles. The molecular formula is C25H20N2O4S. The fourth-order valence-corrected chi connectivity index (χ4v) is 3.51. The number of aryl methyl sites for hydroxylation is 1. The highest BCUT2D eigenvalue weighted by Gasteiger charge is 2.11. The minimum atomic E-state index is -0.499. The number of ether oxygens (including phenoxy) is 2. The van der Waals surface area contributed by atoms with Crippen molar-refractivity contribution in [2.45, 2.75) is 13.5 Å². The van der Waals surface area contributed by atoms with E-state index in [9.17, 15) is 9.59 Å². The van der Waals surface area contributed by atoms with Crippen LogP contribution in [-0.2, 0) is 6.61 Å². The predicted octanol–water partition coefficient (Wildman–Crippen LogP) is 5.50. The standard InChI is InChI=1S/C25H20N2O4S/c1-17-26-21(16-32-17)15-30-23-9-5-8-19(14-23)25(29)31-22-12-10-20(11-13-22)27-24(28)18-6-3-2-4-7-18/h2-14,16H,15H2,1H3,(H,27,28). The van der Waals surface area contributed by atoms with Gasteiger partial charge in [0, 0.05) is 16.6 Å². The van der Waals surface area contributed by atoms with Crippen LogP contribution in [0.1, 0.15) is 31.4 Å². The van der Waals surface area contributed by atoms with Crippen LogP contribution in [0.5, 0.6) is 11.5 Å². The summed E-state index contributed by atoms with van der Waals surface area (Å²) in [7, 11) is 0. The molecule has 0 unspecified atom stereocenters. The molecule has 160 valence electrons. The van der Waals surface area contributed by atoms with Crippen LogP contribution >= 0.6 is 11.3 Å². The lowest BCUT2D eigenvalue weighted by Gasteiger charge is -2.09. The van der Waals surface area contributed by atoms with Crippen LogP contribution in [0.15, 0.2) is 84.2 Å². The van der Waals surface area contributed by atoms with E-state index in [2.05, 4.69) is 10.3 Å². The monoisotopic (exact) mass is 444 g/mol. The number of amides is 1. The zero-order chi connectivity index (χ0) is 22.3. The third kappa shape index (κ3) is 5.59. The highest BCUT2D eigenvalue weighted by molar-refractivity contribution is 7.09. The number of aromatic nitrogens is 1. The van der Waals surface area contributed by atoms with Gasteiger partial charge in [-0.3, -0.25) is 4.79 Å². The molecule has 1 heterocycles. The molecule has 32 heavy (non-hydrogen) atoms. The van der Waals surface area contributed by atoms with Crippen LogP contribution in [-0.4, -0.2) is 16.9 Å². The number of hydrogen-bond donors (Lipinski definition) is 1. The van der Waals surface area contributed by atoms with Gasteiger partial charge >= 0.3 is 5.97 Å². The third-order valence-electron chi connectivity index (χ3n) is 4.48. The summed E-state index contributed by atoms with van der Waals surface area (Å²) in [5.74, 6) is 0.224. The van der Waals surface area contributed by atoms with Crippen LogP contribution in [0.4, 0.5) is 5.69 Å². The second kappa shape index (κ2) is 9.89. The minimum absolute atomic E-state index is 0.208. The van der Waals surface area contributed by atoms with Crippen molar-refractivity contribution in [3.05, 3.63) is 106 Å². The molecule has 4 aromatic rings. The lowest BCUT2D eigenvalue weighted by atomic mass is 10.2. The SMILES string of the molecule is Cc1nc(COc2cccc(C(=O)Oc3ccc(NC(=O)c4ccccc4)cc3)c2)cs1. The molecule has 1 amide bonds. The summed E-state index contributed by atoms with van der Waals surface area (Å²) in [6.07, 6.45) is 0. The molecule has 0 atom stereocenters. The Morgan fingerprint density at radius 2 is 1.66 bits per heavy atom. The van der Waals surface area contributed by atoms with Crippen molar-refractivity contribution < 1.29 is 19.1 Å². The van der Waals surface area contributed by atoms with Crippen molar-refractivity contribution >= 4 is 28.9 Å². The summed E-state index contributed by atoms with van der Waals surface area (Å²) in [6, 6.07) is 22.4. The van der Waals surface area contributed by atoms with Crippen molar-refractivity contribution in [3.8, 4) is 11.5 Å². The number of nitrogens with zero attached hydrogens (tertiary/aromatic N) is 1. The first kappa shape index (κ1) is 21.3. The van der Waals surface area contributed by atoms with Crippen molar-refractivity contribution in [3.63, 3.8) is 0 Å². The van der Waals surface area contributed by atoms with Crippen LogP contribution in [0, 0.1) is 6.92 Å². The van der Waals surface area contributed by atoms with Crippen molar-refractivity contribution in [2.24, 2.45) is 0 Å². The summed E-state index contributed by atoms with van der Waals surface area (Å²) >= 11 is 1.56. The lowest BCUT2D eigenvalue weighted by molar-refractivity contribution is 0.0734. The summed E-state index contributed by atoms with van der Waals surface area (Å²) < 4.78 is 11.2. The fraction of sp³-hybridized carbons (Fsp3) is 0.0800. The van der Waals surface area contributed by atoms with Crippen LogP contribution < -0.4 is 14.8 Å². The molecule has 1 aromatic heterocycles. The molecular weight excluding hydrogens is 424 g/mol. The Bertz CT molecular complexity index is 1220. The molecule has 0 bridgehead atoms. The summed E-state index contributed by atoms with van der Waals surface area (Å²) in [4.78, 5) is 29.1. The Hall–Kier alpha value is -3.97. The number of nitrogens with one attached hydrogen (secondary N) is 1. The van der Waals surface area contributed by atoms with Gasteiger partial charge < -0.3 is 14.8 Å². The van der Waals surface area contributed by atoms with Gasteiger partial charge in [0.05, 0.1) is 16.3 Å². The van der Waals surface area contributed by atoms with Crippen molar-refractivity contribution in [1.29, 1.82) is 0 Å². The minimum Gasteiger partial charge on any atom is -0.487 e. The van der Waals surface area contributed by atoms with Gasteiger partial charge in [0.25, 0.3) is 5.91 Å². The van der Waals surface area contributed by atoms with Gasteiger partial charge in [-0.15, -0.1) is 11.3 Å². The molecule has 0 aliphatic heterocycles. The molecule has 6 nitrogen and oxygen atoms in total. The van der Waals surface area contributed by atoms with Crippen LogP contribution in [0.25, 0.3) is 0 Å². The first-order valence-corrected chi connectivity index (χ1v) is 10.8. The van der Waals surface area contributed by atoms with Gasteiger partial charge in [0.2, 0.25) is 0 Å². The Labute approximate surface area is 189 Å². The number of rotatable bonds is 7. The lowest BCUT2D eigenvalue weighted by Crippen LogP contribution is -2.12. The van der Waals surface area contributed by atoms with Gasteiger partial charge in [-0.1, -0.05) is 24.3 Å². The van der Waals surface area contributed by atoms with Gasteiger partial charge in [0.15, 0.2) is 0 Å². The molecule has 1 N–H and O–H groups in total. The Morgan fingerprint density at radius 1 is 0.906 bits per heavy atom. The molecule has 0 radical (unpaired) electrons. The molecule has 0 saturated heterocycles. The van der Waals surface area contributed by atoms with E-state index in [0.29, 0.717) is 34.9 Å². The highest BCUT2D eigenvalue weighted by Crippen LogP contribution is 2.20. The number of carbonyl (C=O) groups excluding carboxylic acids is 2. The first-order valence-electron chi connectivity index (χ1n) is 9.89. The summed E-state index contributed by atoms with van der Waals surface area (Å²) in [6.45, 7) is 2.27. The van der Waals surface area contributed by atoms with E-state index in [1.54, 1.807) is 84.1 Å². The van der Waals surface area contributed by atoms with Crippen LogP contribution in [0.3, 0.4) is 0 Å². The molecule has 0 aliphatic rings. The molecule has 0 spiro atoms. The normalized spacial score (nSPS) is 10.4. The maximum atomic E-state index is 12.5. The van der Waals surface area contributed by atoms with Crippen molar-refractivity contribution in [2.75, 3.05) is 5.32 Å². The summed E-state index contributed by atoms with van der Waals surface area (Å²) in [5, 5.41) is 5.73. The quantitative estimate of drug-likeness (QED) is 0.301. The van der Waals surface area contributed by atoms with Gasteiger partial charge in [-0.25, -0.2) is 9.78 Å². The Morgan fingerprint density at radius 3 is 2.38 bits per heavy atom. The number of carbonyl (C=O) groups is 2. The topological polar surface area (TPSA) is 77.5 Å². The Balaban J connectivity index is 1.34. The van der Waals surface area contributed by atoms with E-state index in [1.807, 2.05) is 18.4 Å². The second-order valence-electron chi connectivity index (χ2n) is 6.91. The van der Waals surface area contributed by atoms with Gasteiger partial charge in [-0.05, 0) is 61.5 Å². The molecule has 0 saturated carbocycles. The molecule has 3 aromatic carbocycles. The zero-order valence-electron chi connectivity index (χ0n) is 17.3. The van der Waals surface area contributed by atoms with E-state index in [4.69, 9.17) is 9.47 Å². The largest absolute Gasteiger partial charge is 0.487 e. The van der Waals surface area contributed by atoms with E-state index in [1.165, 1.54) is 0 Å². The number of benzene rings is 3. The highest BCUT2D eigenvalue weighted by atomic mass is 32.1. The van der Waals surface area contributed by atoms with E-state index in [0.717, 1.165) is 10.7 Å². The summed E-state index contributed by atoms with van der Waals surface area (Å²) in [5.41, 5.74) is 2.39. The average molecular weight is 445 g/mol. The molecule has 7 heteroatoms. The smallest absolute Gasteiger partial charge is 0.343 e. The average Bonchev–Trinajstić information content (AvgIpc) is 3.25. The maximum Gasteiger partial charge on any atom is 0.343 e. The number of esters is 1. The van der Waals surface area contributed by atoms with Crippen molar-refractivity contribution in [1.82, 2.24) is 4.98 Å². The zero-order valence-corrected chi connectivity index (χ0v) is 18.1. The van der Waals surface area contributed by atoms with Gasteiger partial charge in [-0.2, -0.15) is 0 Å². The third-order valence-corrected chi connectivity index (χ3v) is 5.30. The predicted molar refractivity (Wildman–Crippen MR) is 123 cm³/mol. The number of thiazole rings is 1. The van der Waals surface area contributed by atoms with Crippen LogP contribution in [0.2, 0.25) is 0 Å². The maximum absolute atomic E-state index is 12.5.